The fourth-order valence-electron chi connectivity index (χ4n) is 0.845. The Morgan fingerprint density at radius 1 is 1.38 bits per heavy atom. The molecule has 2 amide bonds. The first-order valence-corrected chi connectivity index (χ1v) is 4.31. The Morgan fingerprint density at radius 2 is 2.00 bits per heavy atom. The summed E-state index contributed by atoms with van der Waals surface area (Å²) >= 11 is 0. The van der Waals surface area contributed by atoms with Crippen molar-refractivity contribution in [3.8, 4) is 0 Å². The van der Waals surface area contributed by atoms with Gasteiger partial charge in [-0.05, 0) is 6.07 Å². The van der Waals surface area contributed by atoms with Crippen molar-refractivity contribution >= 4 is 17.9 Å². The molecular weight excluding hydrogens is 216 g/mol. The third-order valence-corrected chi connectivity index (χ3v) is 1.58. The highest BCUT2D eigenvalue weighted by Crippen LogP contribution is 1.93. The molecule has 4 N–H and O–H groups in total. The molecular formula is C8H10N4O4. The van der Waals surface area contributed by atoms with Gasteiger partial charge >= 0.3 is 12.0 Å². The number of carboxylic acid groups (broad SMARTS) is 1. The Hall–Kier alpha value is -2.22. The third kappa shape index (κ3) is 3.50. The number of rotatable bonds is 4. The van der Waals surface area contributed by atoms with E-state index >= 15 is 0 Å². The highest BCUT2D eigenvalue weighted by molar-refractivity contribution is 5.90. The Morgan fingerprint density at radius 3 is 2.50 bits per heavy atom. The van der Waals surface area contributed by atoms with E-state index in [9.17, 15) is 9.59 Å². The molecule has 0 saturated carbocycles. The summed E-state index contributed by atoms with van der Waals surface area (Å²) in [6.45, 7) is -0.696. The third-order valence-electron chi connectivity index (χ3n) is 1.58. The van der Waals surface area contributed by atoms with Gasteiger partial charge in [-0.3, -0.25) is 5.32 Å². The lowest BCUT2D eigenvalue weighted by atomic mass is 10.3. The van der Waals surface area contributed by atoms with Gasteiger partial charge in [0.05, 0.1) is 6.61 Å². The number of aliphatic carboxylic acids is 1. The Balaban J connectivity index is 2.50. The van der Waals surface area contributed by atoms with Crippen LogP contribution in [0, 0.1) is 0 Å². The Bertz CT molecular complexity index is 370. The summed E-state index contributed by atoms with van der Waals surface area (Å²) in [7, 11) is 0. The standard InChI is InChI=1S/C8H10N4O4/c13-4-5(6(14)15)11-8(16)12-7-9-2-1-3-10-7/h1-3,5,13H,4H2,(H,14,15)(H2,9,10,11,12,16). The predicted octanol–water partition coefficient (Wildman–Crippen LogP) is -0.956. The van der Waals surface area contributed by atoms with Crippen LogP contribution in [-0.2, 0) is 4.79 Å². The van der Waals surface area contributed by atoms with Gasteiger partial charge in [0.2, 0.25) is 5.95 Å². The first kappa shape index (κ1) is 11.9. The molecule has 0 aliphatic heterocycles. The topological polar surface area (TPSA) is 124 Å². The van der Waals surface area contributed by atoms with Crippen LogP contribution in [0.5, 0.6) is 0 Å². The van der Waals surface area contributed by atoms with E-state index in [1.54, 1.807) is 6.07 Å². The molecule has 1 heterocycles. The maximum Gasteiger partial charge on any atom is 0.328 e. The summed E-state index contributed by atoms with van der Waals surface area (Å²) in [4.78, 5) is 29.1. The second kappa shape index (κ2) is 5.61. The van der Waals surface area contributed by atoms with Crippen LogP contribution in [0.4, 0.5) is 10.7 Å². The Labute approximate surface area is 90.3 Å². The maximum absolute atomic E-state index is 11.2. The summed E-state index contributed by atoms with van der Waals surface area (Å²) in [5.41, 5.74) is 0. The van der Waals surface area contributed by atoms with Gasteiger partial charge in [0.15, 0.2) is 6.04 Å². The van der Waals surface area contributed by atoms with E-state index in [2.05, 4.69) is 15.3 Å². The second-order valence-corrected chi connectivity index (χ2v) is 2.74. The summed E-state index contributed by atoms with van der Waals surface area (Å²) < 4.78 is 0. The average molecular weight is 226 g/mol. The number of hydrogen-bond donors (Lipinski definition) is 4. The van der Waals surface area contributed by atoms with Gasteiger partial charge in [0.25, 0.3) is 0 Å². The number of carboxylic acids is 1. The second-order valence-electron chi connectivity index (χ2n) is 2.74. The average Bonchev–Trinajstić information content (AvgIpc) is 2.27. The van der Waals surface area contributed by atoms with Gasteiger partial charge in [-0.25, -0.2) is 19.6 Å². The van der Waals surface area contributed by atoms with Crippen molar-refractivity contribution in [3.63, 3.8) is 0 Å². The van der Waals surface area contributed by atoms with Crippen LogP contribution in [-0.4, -0.2) is 44.8 Å². The number of aliphatic hydroxyl groups is 1. The number of anilines is 1. The SMILES string of the molecule is O=C(Nc1ncccn1)NC(CO)C(=O)O. The summed E-state index contributed by atoms with van der Waals surface area (Å²) in [6, 6.07) is -0.590. The maximum atomic E-state index is 11.2. The van der Waals surface area contributed by atoms with Crippen LogP contribution in [0.3, 0.4) is 0 Å². The van der Waals surface area contributed by atoms with E-state index in [0.29, 0.717) is 0 Å². The van der Waals surface area contributed by atoms with E-state index in [0.717, 1.165) is 0 Å². The number of nitrogens with one attached hydrogen (secondary N) is 2. The van der Waals surface area contributed by atoms with Gasteiger partial charge in [-0.15, -0.1) is 0 Å². The van der Waals surface area contributed by atoms with Crippen LogP contribution in [0.1, 0.15) is 0 Å². The highest BCUT2D eigenvalue weighted by atomic mass is 16.4. The molecule has 8 nitrogen and oxygen atoms in total. The minimum Gasteiger partial charge on any atom is -0.480 e. The number of aliphatic hydroxyl groups excluding tert-OH is 1. The van der Waals surface area contributed by atoms with Crippen molar-refractivity contribution in [3.05, 3.63) is 18.5 Å². The fraction of sp³-hybridized carbons (Fsp3) is 0.250. The molecule has 0 spiro atoms. The lowest BCUT2D eigenvalue weighted by Crippen LogP contribution is -2.45. The largest absolute Gasteiger partial charge is 0.480 e. The van der Waals surface area contributed by atoms with Gasteiger partial charge in [0, 0.05) is 12.4 Å². The van der Waals surface area contributed by atoms with Crippen molar-refractivity contribution in [1.29, 1.82) is 0 Å². The normalized spacial score (nSPS) is 11.6. The molecule has 0 bridgehead atoms. The molecule has 0 aliphatic carbocycles. The first-order chi connectivity index (χ1) is 7.63. The Kier molecular flexibility index (Phi) is 4.16. The smallest absolute Gasteiger partial charge is 0.328 e. The molecule has 0 radical (unpaired) electrons. The predicted molar refractivity (Wildman–Crippen MR) is 52.7 cm³/mol. The van der Waals surface area contributed by atoms with Crippen LogP contribution in [0.25, 0.3) is 0 Å². The minimum atomic E-state index is -1.36. The van der Waals surface area contributed by atoms with E-state index in [1.165, 1.54) is 12.4 Å². The van der Waals surface area contributed by atoms with E-state index in [4.69, 9.17) is 10.2 Å². The minimum absolute atomic E-state index is 0.0436. The molecule has 1 rings (SSSR count). The van der Waals surface area contributed by atoms with Crippen LogP contribution >= 0.6 is 0 Å². The van der Waals surface area contributed by atoms with Crippen molar-refractivity contribution < 1.29 is 19.8 Å². The highest BCUT2D eigenvalue weighted by Gasteiger charge is 2.18. The molecule has 0 fully saturated rings. The number of aromatic nitrogens is 2. The molecule has 1 unspecified atom stereocenters. The number of hydrogen-bond acceptors (Lipinski definition) is 5. The van der Waals surface area contributed by atoms with E-state index in [1.807, 2.05) is 5.32 Å². The molecule has 16 heavy (non-hydrogen) atoms. The first-order valence-electron chi connectivity index (χ1n) is 4.31. The quantitative estimate of drug-likeness (QED) is 0.524. The van der Waals surface area contributed by atoms with Crippen molar-refractivity contribution in [2.24, 2.45) is 0 Å². The van der Waals surface area contributed by atoms with Gasteiger partial charge in [0.1, 0.15) is 0 Å². The zero-order valence-corrected chi connectivity index (χ0v) is 8.12. The molecule has 86 valence electrons. The van der Waals surface area contributed by atoms with Crippen molar-refractivity contribution in [2.45, 2.75) is 6.04 Å². The van der Waals surface area contributed by atoms with Gasteiger partial charge in [-0.2, -0.15) is 0 Å². The monoisotopic (exact) mass is 226 g/mol. The fourth-order valence-corrected chi connectivity index (χ4v) is 0.845. The number of amides is 2. The van der Waals surface area contributed by atoms with Crippen molar-refractivity contribution in [1.82, 2.24) is 15.3 Å². The molecule has 0 aromatic carbocycles. The van der Waals surface area contributed by atoms with Gasteiger partial charge in [-0.1, -0.05) is 0 Å². The van der Waals surface area contributed by atoms with E-state index < -0.39 is 24.6 Å². The summed E-state index contributed by atoms with van der Waals surface area (Å²) in [6.07, 6.45) is 2.84. The number of carbonyl (C=O) groups is 2. The van der Waals surface area contributed by atoms with Gasteiger partial charge < -0.3 is 15.5 Å². The number of nitrogens with zero attached hydrogens (tertiary/aromatic N) is 2. The molecule has 1 aromatic rings. The van der Waals surface area contributed by atoms with Crippen LogP contribution < -0.4 is 10.6 Å². The molecule has 0 saturated heterocycles. The zero-order chi connectivity index (χ0) is 12.0. The van der Waals surface area contributed by atoms with E-state index in [-0.39, 0.29) is 5.95 Å². The summed E-state index contributed by atoms with van der Waals surface area (Å²) in [5.74, 6) is -1.28. The lowest BCUT2D eigenvalue weighted by molar-refractivity contribution is -0.140. The molecule has 1 atom stereocenters. The van der Waals surface area contributed by atoms with Crippen LogP contribution in [0.2, 0.25) is 0 Å². The molecule has 1 aromatic heterocycles. The molecule has 8 heteroatoms. The lowest BCUT2D eigenvalue weighted by Gasteiger charge is -2.11. The number of urea groups is 1. The molecule has 0 aliphatic rings. The zero-order valence-electron chi connectivity index (χ0n) is 8.12. The van der Waals surface area contributed by atoms with Crippen molar-refractivity contribution in [2.75, 3.05) is 11.9 Å². The summed E-state index contributed by atoms with van der Waals surface area (Å²) in [5, 5.41) is 21.5. The van der Waals surface area contributed by atoms with Crippen LogP contribution in [0.15, 0.2) is 18.5 Å². The number of carbonyl (C=O) groups excluding carboxylic acids is 1.